The Balaban J connectivity index is 1.08. The number of allylic oxidation sites excluding steroid dienone is 4. The predicted octanol–water partition coefficient (Wildman–Crippen LogP) is 13.3. The molecule has 0 aliphatic heterocycles. The third-order valence-electron chi connectivity index (χ3n) is 23.4. The lowest BCUT2D eigenvalue weighted by Gasteiger charge is -2.64. The number of carboxylic acids is 5. The van der Waals surface area contributed by atoms with Crippen molar-refractivity contribution < 1.29 is 49.5 Å². The van der Waals surface area contributed by atoms with E-state index in [1.54, 1.807) is 0 Å². The number of alkyl halides is 1. The monoisotopic (exact) mass is 1200 g/mol. The minimum Gasteiger partial charge on any atom is -0.481 e. The molecule has 0 radical (unpaired) electrons. The van der Waals surface area contributed by atoms with Crippen molar-refractivity contribution in [3.8, 4) is 55.6 Å². The van der Waals surface area contributed by atoms with Gasteiger partial charge >= 0.3 is 29.8 Å². The van der Waals surface area contributed by atoms with E-state index in [0.29, 0.717) is 27.8 Å². The van der Waals surface area contributed by atoms with Crippen LogP contribution >= 0.6 is 11.6 Å². The largest absolute Gasteiger partial charge is 0.481 e. The first-order valence-electron chi connectivity index (χ1n) is 30.8. The molecule has 10 aromatic carbocycles. The maximum Gasteiger partial charge on any atom is 0.307 e. The van der Waals surface area contributed by atoms with Gasteiger partial charge < -0.3 is 25.5 Å². The topological polar surface area (TPSA) is 186 Å². The van der Waals surface area contributed by atoms with E-state index in [-0.39, 0.29) is 32.1 Å². The average molecular weight is 1200 g/mol. The Kier molecular flexibility index (Phi) is 8.54. The molecule has 0 heterocycles. The second-order valence-corrected chi connectivity index (χ2v) is 27.4. The minimum atomic E-state index is -1.63. The van der Waals surface area contributed by atoms with Crippen LogP contribution in [0.5, 0.6) is 0 Å². The van der Waals surface area contributed by atoms with Crippen molar-refractivity contribution in [3.63, 3.8) is 0 Å². The molecule has 10 nitrogen and oxygen atoms in total. The Morgan fingerprint density at radius 1 is 0.253 bits per heavy atom. The Morgan fingerprint density at radius 3 is 0.670 bits per heavy atom. The zero-order valence-corrected chi connectivity index (χ0v) is 48.8. The highest BCUT2D eigenvalue weighted by molar-refractivity contribution is 6.35. The molecule has 6 atom stereocenters. The zero-order chi connectivity index (χ0) is 61.3. The van der Waals surface area contributed by atoms with Crippen molar-refractivity contribution in [3.05, 3.63) is 316 Å². The van der Waals surface area contributed by atoms with Crippen molar-refractivity contribution in [1.82, 2.24) is 0 Å². The highest BCUT2D eigenvalue weighted by Crippen LogP contribution is 2.92. The van der Waals surface area contributed by atoms with Gasteiger partial charge in [0.15, 0.2) is 0 Å². The lowest BCUT2D eigenvalue weighted by Crippen LogP contribution is -2.65. The molecule has 432 valence electrons. The smallest absolute Gasteiger partial charge is 0.307 e. The number of aliphatic carboxylic acids is 5. The molecule has 0 unspecified atom stereocenters. The van der Waals surface area contributed by atoms with E-state index in [2.05, 4.69) is 121 Å². The summed E-state index contributed by atoms with van der Waals surface area (Å²) < 4.78 is 0. The standard InChI is InChI=1S/C80H45ClO10/c81-80-73-71-72-74(80)78(44-17-7-39(8-18-44)34-59(88)89)66-51-26-24-49-47-22-21-46-48-23-25-50-52-27-29-54-55-30-28-53(51)68(78)70(55)79(80,45-19-9-40(10-20-45)35-60(90)91)69(54)67(52)77(73,43-15-5-38(6-16-43)33-58(86)87)65(50)63(48)75(71,41-11-1-36(2-12-41)31-56(82)83)61(46)62(47)76(72,64(49)66)42-13-3-37(4-14-42)32-57(84)85/h1-30H,31-35H2,(H,82,83)(H,84,85)(H,86,87)(H,88,89)(H,90,91)/t75-,76+,77-,78+,79-,80-. The van der Waals surface area contributed by atoms with Crippen LogP contribution in [0.2, 0.25) is 0 Å². The van der Waals surface area contributed by atoms with Crippen LogP contribution in [0, 0.1) is 0 Å². The molecule has 21 rings (SSSR count). The van der Waals surface area contributed by atoms with Crippen LogP contribution in [0.15, 0.2) is 204 Å². The SMILES string of the molecule is O=C(O)Cc1ccc([C@]23C4=C5[C@]6(c7ccc(CC(=O)O)cc7)c7c8ccc(c72)-c2ccc7c(c23)[C@]2(c3ccc(CC(=O)O)cc3)C4=C3[C@@]4(c9ccc(CC(=O)O)cc9)c9c(ccc-7c92)-c2ccc7c(c24)[C@@](c2ccc(CC(=O)O)cc2)(c2c-7ccc-8c26)[C@@]53Cl)cc1. The highest BCUT2D eigenvalue weighted by Gasteiger charge is 2.86. The van der Waals surface area contributed by atoms with Crippen molar-refractivity contribution in [2.75, 3.05) is 0 Å². The third-order valence-corrected chi connectivity index (χ3v) is 24.1. The van der Waals surface area contributed by atoms with Gasteiger partial charge in [0.1, 0.15) is 4.87 Å². The zero-order valence-electron chi connectivity index (χ0n) is 48.0. The highest BCUT2D eigenvalue weighted by atomic mass is 35.5. The van der Waals surface area contributed by atoms with E-state index < -0.39 is 61.8 Å². The summed E-state index contributed by atoms with van der Waals surface area (Å²) in [7, 11) is 0. The van der Waals surface area contributed by atoms with Gasteiger partial charge in [0.25, 0.3) is 0 Å². The van der Waals surface area contributed by atoms with Crippen LogP contribution < -0.4 is 0 Å². The summed E-state index contributed by atoms with van der Waals surface area (Å²) in [6.45, 7) is 0. The lowest BCUT2D eigenvalue weighted by atomic mass is 9.40. The van der Waals surface area contributed by atoms with Crippen molar-refractivity contribution >= 4 is 41.4 Å². The minimum absolute atomic E-state index is 0.188. The predicted molar refractivity (Wildman–Crippen MR) is 338 cm³/mol. The van der Waals surface area contributed by atoms with Crippen LogP contribution in [0.3, 0.4) is 0 Å². The molecule has 0 amide bonds. The van der Waals surface area contributed by atoms with Crippen LogP contribution in [-0.2, 0) is 83.2 Å². The van der Waals surface area contributed by atoms with E-state index in [9.17, 15) is 61.1 Å². The normalized spacial score (nSPS) is 24.7. The molecule has 0 spiro atoms. The molecule has 11 heteroatoms. The molecular formula is C80H45ClO10. The van der Waals surface area contributed by atoms with Crippen LogP contribution in [0.25, 0.3) is 55.6 Å². The van der Waals surface area contributed by atoms with E-state index >= 15 is 0 Å². The summed E-state index contributed by atoms with van der Waals surface area (Å²) in [6.07, 6.45) is -0.960. The summed E-state index contributed by atoms with van der Waals surface area (Å²) in [6, 6.07) is 64.0. The lowest BCUT2D eigenvalue weighted by molar-refractivity contribution is -0.137. The van der Waals surface area contributed by atoms with Crippen molar-refractivity contribution in [2.24, 2.45) is 0 Å². The number of carboxylic acid groups (broad SMARTS) is 5. The van der Waals surface area contributed by atoms with Gasteiger partial charge in [-0.05, 0) is 189 Å². The first-order valence-corrected chi connectivity index (χ1v) is 31.2. The van der Waals surface area contributed by atoms with Gasteiger partial charge in [0.05, 0.1) is 59.2 Å². The number of rotatable bonds is 15. The molecule has 0 aromatic heterocycles. The van der Waals surface area contributed by atoms with Gasteiger partial charge in [-0.2, -0.15) is 0 Å². The van der Waals surface area contributed by atoms with Crippen LogP contribution in [-0.4, -0.2) is 60.3 Å². The number of hydrogen-bond donors (Lipinski definition) is 5. The fourth-order valence-electron chi connectivity index (χ4n) is 21.3. The molecule has 0 fully saturated rings. The fraction of sp³-hybridized carbons (Fsp3) is 0.138. The van der Waals surface area contributed by atoms with Crippen molar-refractivity contribution in [1.29, 1.82) is 0 Å². The molecule has 0 saturated heterocycles. The quantitative estimate of drug-likeness (QED) is 0.0619. The maximum atomic E-state index is 12.7. The summed E-state index contributed by atoms with van der Waals surface area (Å²) in [4.78, 5) is 61.6. The fourth-order valence-corrected chi connectivity index (χ4v) is 22.1. The molecule has 91 heavy (non-hydrogen) atoms. The second-order valence-electron chi connectivity index (χ2n) is 26.8. The number of carbonyl (C=O) groups is 5. The van der Waals surface area contributed by atoms with E-state index in [1.165, 1.54) is 0 Å². The molecule has 11 aliphatic carbocycles. The van der Waals surface area contributed by atoms with Crippen molar-refractivity contribution in [2.45, 2.75) is 64.1 Å². The van der Waals surface area contributed by atoms with Gasteiger partial charge in [-0.1, -0.05) is 182 Å². The Morgan fingerprint density at radius 2 is 0.440 bits per heavy atom. The Hall–Kier alpha value is -10.7. The van der Waals surface area contributed by atoms with Crippen LogP contribution in [0.4, 0.5) is 0 Å². The summed E-state index contributed by atoms with van der Waals surface area (Å²) >= 11 is 10.4. The second kappa shape index (κ2) is 15.5. The molecule has 10 aromatic rings. The molecule has 5 N–H and O–H groups in total. The maximum absolute atomic E-state index is 12.7. The molecule has 0 saturated carbocycles. The van der Waals surface area contributed by atoms with Gasteiger partial charge in [-0.25, -0.2) is 0 Å². The van der Waals surface area contributed by atoms with Gasteiger partial charge in [-0.3, -0.25) is 24.0 Å². The number of hydrogen-bond acceptors (Lipinski definition) is 5. The number of benzene rings is 10. The molecule has 0 bridgehead atoms. The first kappa shape index (κ1) is 50.2. The van der Waals surface area contributed by atoms with Crippen LogP contribution in [0.1, 0.15) is 111 Å². The summed E-state index contributed by atoms with van der Waals surface area (Å²) in [5.41, 5.74) is 27.1. The first-order chi connectivity index (χ1) is 44.1. The summed E-state index contributed by atoms with van der Waals surface area (Å²) in [5.74, 6) is -4.76. The van der Waals surface area contributed by atoms with E-state index in [0.717, 1.165) is 161 Å². The van der Waals surface area contributed by atoms with Gasteiger partial charge in [0, 0.05) is 0 Å². The molecule has 11 aliphatic rings. The van der Waals surface area contributed by atoms with Gasteiger partial charge in [0.2, 0.25) is 0 Å². The average Bonchev–Trinajstić information content (AvgIpc) is 1.39. The Bertz CT molecular complexity index is 5170. The Labute approximate surface area is 523 Å². The third kappa shape index (κ3) is 4.89. The van der Waals surface area contributed by atoms with Gasteiger partial charge in [-0.15, -0.1) is 11.6 Å². The number of halogens is 1. The van der Waals surface area contributed by atoms with E-state index in [1.807, 2.05) is 60.7 Å². The molecular weight excluding hydrogens is 1160 g/mol. The summed E-state index contributed by atoms with van der Waals surface area (Å²) in [5, 5.41) is 51.8. The number of fused-ring (bicyclic) bond motifs is 5. The van der Waals surface area contributed by atoms with E-state index in [4.69, 9.17) is 0 Å².